The predicted octanol–water partition coefficient (Wildman–Crippen LogP) is 2.77. The van der Waals surface area contributed by atoms with Crippen molar-refractivity contribution in [3.05, 3.63) is 0 Å². The summed E-state index contributed by atoms with van der Waals surface area (Å²) in [6.07, 6.45) is 3.27. The number of carbonyl (C=O) groups excluding carboxylic acids is 1. The van der Waals surface area contributed by atoms with Crippen LogP contribution in [0.4, 0.5) is 0 Å². The molecule has 0 amide bonds. The minimum Gasteiger partial charge on any atom is -0.462 e. The molecule has 5 rings (SSSR count). The molecule has 6 nitrogen and oxygen atoms in total. The van der Waals surface area contributed by atoms with E-state index in [1.54, 1.807) is 0 Å². The smallest absolute Gasteiger partial charge is 0.320 e. The third-order valence-corrected chi connectivity index (χ3v) is 6.68. The van der Waals surface area contributed by atoms with Crippen LogP contribution in [-0.2, 0) is 28.8 Å². The molecular formula is C17H25ClO6. The largest absolute Gasteiger partial charge is 0.462 e. The molecule has 2 bridgehead atoms. The molecule has 0 N–H and O–H groups in total. The Hall–Kier alpha value is -0.400. The van der Waals surface area contributed by atoms with Gasteiger partial charge in [0.15, 0.2) is 11.9 Å². The standard InChI is InChI=1S/C17H25ClO6/c1-10-4-5-12-15(2,9-20-13(19)8-18)21-14-17(12)11(10)6-7-16(3,22-14)23-24-17/h10-12,14H,4-9H2,1-3H3/t10-,11+,12?,14+,15-,16-,17-/m1/s1. The number of fused-ring (bicyclic) bond motifs is 2. The number of alkyl halides is 1. The maximum atomic E-state index is 11.5. The molecule has 0 aromatic carbocycles. The Balaban J connectivity index is 1.68. The van der Waals surface area contributed by atoms with Crippen molar-refractivity contribution in [1.29, 1.82) is 0 Å². The van der Waals surface area contributed by atoms with Gasteiger partial charge >= 0.3 is 5.97 Å². The summed E-state index contributed by atoms with van der Waals surface area (Å²) in [5.74, 6) is -0.536. The molecule has 0 aromatic heterocycles. The molecule has 7 heteroatoms. The van der Waals surface area contributed by atoms with Crippen molar-refractivity contribution in [2.75, 3.05) is 12.5 Å². The predicted molar refractivity (Wildman–Crippen MR) is 84.0 cm³/mol. The molecule has 0 radical (unpaired) electrons. The molecule has 1 spiro atoms. The lowest BCUT2D eigenvalue weighted by Crippen LogP contribution is -2.62. The second kappa shape index (κ2) is 5.55. The van der Waals surface area contributed by atoms with Gasteiger partial charge in [0.1, 0.15) is 18.1 Å². The maximum Gasteiger partial charge on any atom is 0.320 e. The lowest BCUT2D eigenvalue weighted by molar-refractivity contribution is -0.541. The number of esters is 1. The fourth-order valence-electron chi connectivity index (χ4n) is 5.21. The third-order valence-electron chi connectivity index (χ3n) is 6.46. The van der Waals surface area contributed by atoms with Gasteiger partial charge in [-0.15, -0.1) is 11.6 Å². The molecule has 7 atom stereocenters. The van der Waals surface area contributed by atoms with E-state index >= 15 is 0 Å². The third kappa shape index (κ3) is 2.27. The molecule has 136 valence electrons. The SMILES string of the molecule is C[C@@H]1CCC2[C@]34OO[C@](C)(CC[C@@H]13)O[C@@H]4O[C@]2(C)COC(=O)CCl. The minimum absolute atomic E-state index is 0.0435. The van der Waals surface area contributed by atoms with Crippen LogP contribution >= 0.6 is 11.6 Å². The average molecular weight is 361 g/mol. The normalized spacial score (nSPS) is 52.7. The highest BCUT2D eigenvalue weighted by molar-refractivity contribution is 6.26. The first-order valence-electron chi connectivity index (χ1n) is 8.77. The van der Waals surface area contributed by atoms with E-state index in [-0.39, 0.29) is 18.4 Å². The summed E-state index contributed by atoms with van der Waals surface area (Å²) in [4.78, 5) is 23.3. The zero-order valence-electron chi connectivity index (χ0n) is 14.4. The van der Waals surface area contributed by atoms with Crippen molar-refractivity contribution in [2.45, 2.75) is 69.7 Å². The molecule has 24 heavy (non-hydrogen) atoms. The lowest BCUT2D eigenvalue weighted by atomic mass is 9.60. The number of carbonyl (C=O) groups is 1. The Labute approximate surface area is 147 Å². The molecule has 4 saturated heterocycles. The van der Waals surface area contributed by atoms with Gasteiger partial charge in [-0.25, -0.2) is 9.78 Å². The lowest BCUT2D eigenvalue weighted by Gasteiger charge is -2.50. The Kier molecular flexibility index (Phi) is 3.94. The molecule has 1 saturated carbocycles. The van der Waals surface area contributed by atoms with Gasteiger partial charge in [0.25, 0.3) is 0 Å². The zero-order chi connectivity index (χ0) is 17.2. The van der Waals surface area contributed by atoms with Crippen LogP contribution in [0.25, 0.3) is 0 Å². The molecule has 4 heterocycles. The average Bonchev–Trinajstić information content (AvgIpc) is 2.64. The summed E-state index contributed by atoms with van der Waals surface area (Å²) in [5, 5.41) is 0. The fourth-order valence-corrected chi connectivity index (χ4v) is 5.28. The van der Waals surface area contributed by atoms with Gasteiger partial charge in [-0.1, -0.05) is 6.92 Å². The molecule has 0 aromatic rings. The van der Waals surface area contributed by atoms with E-state index in [1.807, 2.05) is 13.8 Å². The first-order chi connectivity index (χ1) is 11.3. The highest BCUT2D eigenvalue weighted by Gasteiger charge is 2.74. The topological polar surface area (TPSA) is 63.2 Å². The summed E-state index contributed by atoms with van der Waals surface area (Å²) < 4.78 is 17.8. The highest BCUT2D eigenvalue weighted by Crippen LogP contribution is 2.63. The fraction of sp³-hybridized carbons (Fsp3) is 0.941. The number of rotatable bonds is 3. The number of halogens is 1. The Bertz CT molecular complexity index is 543. The van der Waals surface area contributed by atoms with E-state index in [4.69, 9.17) is 35.6 Å². The van der Waals surface area contributed by atoms with Crippen LogP contribution in [0, 0.1) is 17.8 Å². The van der Waals surface area contributed by atoms with Crippen molar-refractivity contribution < 1.29 is 28.8 Å². The monoisotopic (exact) mass is 360 g/mol. The first-order valence-corrected chi connectivity index (χ1v) is 9.30. The van der Waals surface area contributed by atoms with E-state index in [0.717, 1.165) is 25.7 Å². The summed E-state index contributed by atoms with van der Waals surface area (Å²) >= 11 is 5.54. The second-order valence-electron chi connectivity index (χ2n) is 8.08. The van der Waals surface area contributed by atoms with Crippen LogP contribution in [0.2, 0.25) is 0 Å². The van der Waals surface area contributed by atoms with Gasteiger partial charge in [0.2, 0.25) is 5.79 Å². The van der Waals surface area contributed by atoms with Crippen molar-refractivity contribution in [3.8, 4) is 0 Å². The highest BCUT2D eigenvalue weighted by atomic mass is 35.5. The molecule has 4 aliphatic heterocycles. The Morgan fingerprint density at radius 3 is 2.75 bits per heavy atom. The van der Waals surface area contributed by atoms with Gasteiger partial charge < -0.3 is 14.2 Å². The van der Waals surface area contributed by atoms with E-state index in [9.17, 15) is 4.79 Å². The van der Waals surface area contributed by atoms with Crippen LogP contribution < -0.4 is 0 Å². The summed E-state index contributed by atoms with van der Waals surface area (Å²) in [5.41, 5.74) is -1.30. The van der Waals surface area contributed by atoms with Gasteiger partial charge in [0, 0.05) is 12.3 Å². The van der Waals surface area contributed by atoms with Crippen LogP contribution in [-0.4, -0.2) is 41.7 Å². The van der Waals surface area contributed by atoms with Gasteiger partial charge in [-0.05, 0) is 44.9 Å². The van der Waals surface area contributed by atoms with Gasteiger partial charge in [-0.3, -0.25) is 4.79 Å². The Morgan fingerprint density at radius 2 is 2.00 bits per heavy atom. The first kappa shape index (κ1) is 17.0. The number of hydrogen-bond acceptors (Lipinski definition) is 6. The summed E-state index contributed by atoms with van der Waals surface area (Å²) in [6.45, 7) is 6.27. The molecule has 1 aliphatic carbocycles. The number of hydrogen-bond donors (Lipinski definition) is 0. The van der Waals surface area contributed by atoms with Crippen molar-refractivity contribution in [3.63, 3.8) is 0 Å². The molecule has 1 unspecified atom stereocenters. The quantitative estimate of drug-likeness (QED) is 0.438. The minimum atomic E-state index is -0.782. The summed E-state index contributed by atoms with van der Waals surface area (Å²) in [7, 11) is 0. The summed E-state index contributed by atoms with van der Waals surface area (Å²) in [6, 6.07) is 0. The van der Waals surface area contributed by atoms with E-state index < -0.39 is 29.2 Å². The molecule has 5 fully saturated rings. The zero-order valence-corrected chi connectivity index (χ0v) is 15.1. The van der Waals surface area contributed by atoms with E-state index in [1.165, 1.54) is 0 Å². The maximum absolute atomic E-state index is 11.5. The van der Waals surface area contributed by atoms with Crippen LogP contribution in [0.1, 0.15) is 46.5 Å². The Morgan fingerprint density at radius 1 is 1.21 bits per heavy atom. The van der Waals surface area contributed by atoms with Crippen LogP contribution in [0.5, 0.6) is 0 Å². The van der Waals surface area contributed by atoms with Crippen molar-refractivity contribution in [2.24, 2.45) is 17.8 Å². The molecule has 5 aliphatic rings. The van der Waals surface area contributed by atoms with Crippen molar-refractivity contribution >= 4 is 17.6 Å². The van der Waals surface area contributed by atoms with Gasteiger partial charge in [-0.2, -0.15) is 0 Å². The van der Waals surface area contributed by atoms with Crippen molar-refractivity contribution in [1.82, 2.24) is 0 Å². The number of ether oxygens (including phenoxy) is 3. The van der Waals surface area contributed by atoms with E-state index in [2.05, 4.69) is 6.92 Å². The van der Waals surface area contributed by atoms with Gasteiger partial charge in [0.05, 0.1) is 0 Å². The second-order valence-corrected chi connectivity index (χ2v) is 8.35. The van der Waals surface area contributed by atoms with E-state index in [0.29, 0.717) is 11.8 Å². The van der Waals surface area contributed by atoms with Crippen LogP contribution in [0.15, 0.2) is 0 Å². The molecular weight excluding hydrogens is 336 g/mol. The van der Waals surface area contributed by atoms with Crippen LogP contribution in [0.3, 0.4) is 0 Å².